The summed E-state index contributed by atoms with van der Waals surface area (Å²) in [6.45, 7) is 0. The number of anilines is 1. The van der Waals surface area contributed by atoms with Gasteiger partial charge in [0.2, 0.25) is 11.8 Å². The van der Waals surface area contributed by atoms with Crippen molar-refractivity contribution in [1.29, 1.82) is 0 Å². The van der Waals surface area contributed by atoms with Gasteiger partial charge < -0.3 is 14.6 Å². The molecule has 1 aromatic carbocycles. The number of aromatic nitrogens is 1. The second-order valence-corrected chi connectivity index (χ2v) is 6.74. The summed E-state index contributed by atoms with van der Waals surface area (Å²) in [5.74, 6) is -0.358. The Balaban J connectivity index is 2.47. The van der Waals surface area contributed by atoms with Gasteiger partial charge in [0.25, 0.3) is 10.0 Å². The van der Waals surface area contributed by atoms with Crippen LogP contribution < -0.4 is 14.2 Å². The highest BCUT2D eigenvalue weighted by molar-refractivity contribution is 7.92. The smallest absolute Gasteiger partial charge is 0.265 e. The van der Waals surface area contributed by atoms with Crippen molar-refractivity contribution in [3.63, 3.8) is 0 Å². The number of aromatic hydroxyl groups is 1. The maximum absolute atomic E-state index is 12.4. The van der Waals surface area contributed by atoms with Crippen molar-refractivity contribution >= 4 is 38.9 Å². The summed E-state index contributed by atoms with van der Waals surface area (Å²) in [7, 11) is -1.43. The molecule has 0 amide bonds. The Kier molecular flexibility index (Phi) is 5.08. The average molecular weight is 379 g/mol. The Bertz CT molecular complexity index is 842. The highest BCUT2D eigenvalue weighted by Crippen LogP contribution is 2.36. The predicted octanol–water partition coefficient (Wildman–Crippen LogP) is 2.91. The number of hydrogen-bond donors (Lipinski definition) is 2. The molecule has 2 aromatic rings. The van der Waals surface area contributed by atoms with Crippen LogP contribution in [0.25, 0.3) is 0 Å². The number of benzene rings is 1. The van der Waals surface area contributed by atoms with Gasteiger partial charge in [-0.25, -0.2) is 8.42 Å². The Morgan fingerprint density at radius 3 is 2.48 bits per heavy atom. The zero-order valence-corrected chi connectivity index (χ0v) is 14.3. The SMILES string of the molecule is COc1ccc(NS(=O)(=O)c2cc(Cl)cc(Cl)c2O)c(OC)n1. The third-order valence-electron chi connectivity index (χ3n) is 2.76. The second kappa shape index (κ2) is 6.69. The van der Waals surface area contributed by atoms with Crippen LogP contribution in [0.4, 0.5) is 5.69 Å². The lowest BCUT2D eigenvalue weighted by Crippen LogP contribution is -2.14. The Morgan fingerprint density at radius 2 is 1.87 bits per heavy atom. The fraction of sp³-hybridized carbons (Fsp3) is 0.154. The molecule has 1 aromatic heterocycles. The van der Waals surface area contributed by atoms with Gasteiger partial charge in [-0.3, -0.25) is 4.72 Å². The Labute approximate surface area is 142 Å². The maximum atomic E-state index is 12.4. The van der Waals surface area contributed by atoms with Crippen LogP contribution in [-0.2, 0) is 10.0 Å². The van der Waals surface area contributed by atoms with Crippen LogP contribution in [0.5, 0.6) is 17.5 Å². The van der Waals surface area contributed by atoms with Crippen molar-refractivity contribution < 1.29 is 23.0 Å². The van der Waals surface area contributed by atoms with Gasteiger partial charge in [0, 0.05) is 11.1 Å². The molecule has 0 aliphatic carbocycles. The molecule has 0 saturated heterocycles. The highest BCUT2D eigenvalue weighted by Gasteiger charge is 2.23. The topological polar surface area (TPSA) is 97.8 Å². The van der Waals surface area contributed by atoms with E-state index in [-0.39, 0.29) is 27.5 Å². The van der Waals surface area contributed by atoms with Crippen LogP contribution in [0.1, 0.15) is 0 Å². The number of hydrogen-bond acceptors (Lipinski definition) is 6. The molecule has 1 heterocycles. The summed E-state index contributed by atoms with van der Waals surface area (Å²) in [6, 6.07) is 5.16. The summed E-state index contributed by atoms with van der Waals surface area (Å²) in [4.78, 5) is 3.49. The molecule has 124 valence electrons. The lowest BCUT2D eigenvalue weighted by atomic mass is 10.3. The number of nitrogens with zero attached hydrogens (tertiary/aromatic N) is 1. The largest absolute Gasteiger partial charge is 0.505 e. The van der Waals surface area contributed by atoms with E-state index in [1.165, 1.54) is 32.4 Å². The van der Waals surface area contributed by atoms with Crippen LogP contribution in [0.15, 0.2) is 29.2 Å². The van der Waals surface area contributed by atoms with Crippen LogP contribution in [0.3, 0.4) is 0 Å². The first-order valence-corrected chi connectivity index (χ1v) is 8.32. The molecular formula is C13H12Cl2N2O5S. The van der Waals surface area contributed by atoms with E-state index in [0.717, 1.165) is 6.07 Å². The second-order valence-electron chi connectivity index (χ2n) is 4.25. The first-order valence-electron chi connectivity index (χ1n) is 6.08. The van der Waals surface area contributed by atoms with E-state index < -0.39 is 20.7 Å². The van der Waals surface area contributed by atoms with Gasteiger partial charge in [0.05, 0.1) is 19.2 Å². The van der Waals surface area contributed by atoms with E-state index in [9.17, 15) is 13.5 Å². The Hall–Kier alpha value is -1.90. The van der Waals surface area contributed by atoms with Crippen LogP contribution >= 0.6 is 23.2 Å². The van der Waals surface area contributed by atoms with Gasteiger partial charge in [-0.05, 0) is 18.2 Å². The minimum Gasteiger partial charge on any atom is -0.505 e. The lowest BCUT2D eigenvalue weighted by Gasteiger charge is -2.13. The molecule has 0 atom stereocenters. The predicted molar refractivity (Wildman–Crippen MR) is 86.3 cm³/mol. The number of rotatable bonds is 5. The van der Waals surface area contributed by atoms with Gasteiger partial charge in [-0.2, -0.15) is 4.98 Å². The number of phenols is 1. The van der Waals surface area contributed by atoms with Gasteiger partial charge in [-0.15, -0.1) is 0 Å². The molecule has 2 rings (SSSR count). The van der Waals surface area contributed by atoms with Crippen molar-refractivity contribution in [3.05, 3.63) is 34.3 Å². The number of methoxy groups -OCH3 is 2. The van der Waals surface area contributed by atoms with E-state index >= 15 is 0 Å². The van der Waals surface area contributed by atoms with E-state index in [2.05, 4.69) is 9.71 Å². The molecule has 0 spiro atoms. The molecule has 0 radical (unpaired) electrons. The standard InChI is InChI=1S/C13H12Cl2N2O5S/c1-21-11-4-3-9(13(16-11)22-2)17-23(19,20)10-6-7(14)5-8(15)12(10)18/h3-6,17-18H,1-2H3. The quantitative estimate of drug-likeness (QED) is 0.829. The summed E-state index contributed by atoms with van der Waals surface area (Å²) in [5.41, 5.74) is 0.0591. The third-order valence-corrected chi connectivity index (χ3v) is 4.65. The summed E-state index contributed by atoms with van der Waals surface area (Å²) in [6.07, 6.45) is 0. The van der Waals surface area contributed by atoms with Crippen molar-refractivity contribution in [3.8, 4) is 17.5 Å². The normalized spacial score (nSPS) is 11.1. The van der Waals surface area contributed by atoms with E-state index in [1.54, 1.807) is 0 Å². The summed E-state index contributed by atoms with van der Waals surface area (Å²) >= 11 is 11.5. The minimum atomic E-state index is -4.17. The van der Waals surface area contributed by atoms with Gasteiger partial charge in [0.1, 0.15) is 10.6 Å². The van der Waals surface area contributed by atoms with Crippen molar-refractivity contribution in [2.75, 3.05) is 18.9 Å². The molecular weight excluding hydrogens is 367 g/mol. The van der Waals surface area contributed by atoms with Gasteiger partial charge in [0.15, 0.2) is 5.75 Å². The lowest BCUT2D eigenvalue weighted by molar-refractivity contribution is 0.366. The van der Waals surface area contributed by atoms with Crippen LogP contribution in [-0.4, -0.2) is 32.7 Å². The van der Waals surface area contributed by atoms with Crippen LogP contribution in [0.2, 0.25) is 10.0 Å². The molecule has 0 aliphatic heterocycles. The number of pyridine rings is 1. The van der Waals surface area contributed by atoms with Crippen LogP contribution in [0, 0.1) is 0 Å². The van der Waals surface area contributed by atoms with E-state index in [1.807, 2.05) is 0 Å². The average Bonchev–Trinajstić information content (AvgIpc) is 2.50. The number of phenolic OH excluding ortho intramolecular Hbond substituents is 1. The maximum Gasteiger partial charge on any atom is 0.265 e. The van der Waals surface area contributed by atoms with Gasteiger partial charge >= 0.3 is 0 Å². The number of sulfonamides is 1. The molecule has 0 fully saturated rings. The van der Waals surface area contributed by atoms with Crippen molar-refractivity contribution in [1.82, 2.24) is 4.98 Å². The summed E-state index contributed by atoms with van der Waals surface area (Å²) in [5, 5.41) is 9.75. The third kappa shape index (κ3) is 3.72. The van der Waals surface area contributed by atoms with E-state index in [0.29, 0.717) is 0 Å². The zero-order chi connectivity index (χ0) is 17.2. The molecule has 0 bridgehead atoms. The zero-order valence-electron chi connectivity index (χ0n) is 12.0. The van der Waals surface area contributed by atoms with Gasteiger partial charge in [-0.1, -0.05) is 23.2 Å². The molecule has 0 unspecified atom stereocenters. The highest BCUT2D eigenvalue weighted by atomic mass is 35.5. The monoisotopic (exact) mass is 378 g/mol. The number of halogens is 2. The first-order chi connectivity index (χ1) is 10.8. The molecule has 0 saturated carbocycles. The van der Waals surface area contributed by atoms with Crippen molar-refractivity contribution in [2.24, 2.45) is 0 Å². The number of ether oxygens (including phenoxy) is 2. The first kappa shape index (κ1) is 17.5. The minimum absolute atomic E-state index is 0.000500. The molecule has 10 heteroatoms. The van der Waals surface area contributed by atoms with Crippen molar-refractivity contribution in [2.45, 2.75) is 4.90 Å². The molecule has 0 aliphatic rings. The number of nitrogens with one attached hydrogen (secondary N) is 1. The molecule has 23 heavy (non-hydrogen) atoms. The van der Waals surface area contributed by atoms with E-state index in [4.69, 9.17) is 32.7 Å². The fourth-order valence-corrected chi connectivity index (χ4v) is 3.53. The fourth-order valence-electron chi connectivity index (χ4n) is 1.72. The molecule has 2 N–H and O–H groups in total. The Morgan fingerprint density at radius 1 is 1.17 bits per heavy atom. The molecule has 7 nitrogen and oxygen atoms in total. The summed E-state index contributed by atoms with van der Waals surface area (Å²) < 4.78 is 37.1.